The summed E-state index contributed by atoms with van der Waals surface area (Å²) in [4.78, 5) is 7.81. The summed E-state index contributed by atoms with van der Waals surface area (Å²) in [7, 11) is 0. The molecule has 4 aromatic rings. The van der Waals surface area contributed by atoms with Crippen molar-refractivity contribution in [2.45, 2.75) is 13.0 Å². The highest BCUT2D eigenvalue weighted by Crippen LogP contribution is 2.25. The van der Waals surface area contributed by atoms with Gasteiger partial charge in [0.05, 0.1) is 4.70 Å². The molecule has 0 aliphatic rings. The van der Waals surface area contributed by atoms with Crippen molar-refractivity contribution in [3.8, 4) is 11.4 Å². The maximum atomic E-state index is 4.49. The predicted octanol–water partition coefficient (Wildman–Crippen LogP) is 4.28. The van der Waals surface area contributed by atoms with Crippen LogP contribution in [-0.4, -0.2) is 27.4 Å². The van der Waals surface area contributed by atoms with Crippen LogP contribution in [0.25, 0.3) is 21.5 Å². The molecule has 0 spiro atoms. The van der Waals surface area contributed by atoms with Crippen molar-refractivity contribution in [1.29, 1.82) is 0 Å². The van der Waals surface area contributed by atoms with E-state index in [0.717, 1.165) is 49.0 Å². The van der Waals surface area contributed by atoms with Crippen molar-refractivity contribution >= 4 is 27.4 Å². The summed E-state index contributed by atoms with van der Waals surface area (Å²) in [5.41, 5.74) is 2.21. The Balaban J connectivity index is 1.20. The molecule has 0 aliphatic carbocycles. The molecule has 2 aromatic heterocycles. The molecule has 0 bridgehead atoms. The minimum absolute atomic E-state index is 0.791. The van der Waals surface area contributed by atoms with E-state index in [-0.39, 0.29) is 0 Å². The maximum Gasteiger partial charge on any atom is 0.147 e. The lowest BCUT2D eigenvalue weighted by Crippen LogP contribution is -2.18. The van der Waals surface area contributed by atoms with Gasteiger partial charge in [0.1, 0.15) is 11.6 Å². The molecule has 0 saturated carbocycles. The van der Waals surface area contributed by atoms with Crippen molar-refractivity contribution in [2.75, 3.05) is 18.4 Å². The highest BCUT2D eigenvalue weighted by Gasteiger charge is 2.04. The van der Waals surface area contributed by atoms with Gasteiger partial charge in [-0.2, -0.15) is 4.37 Å². The molecule has 4 rings (SSSR count). The number of hydrogen-bond acceptors (Lipinski definition) is 5. The number of nitrogens with one attached hydrogen (secondary N) is 3. The van der Waals surface area contributed by atoms with Gasteiger partial charge in [0.2, 0.25) is 0 Å². The quantitative estimate of drug-likeness (QED) is 0.409. The molecular weight excluding hydrogens is 342 g/mol. The average molecular weight is 363 g/mol. The van der Waals surface area contributed by atoms with Crippen LogP contribution in [0, 0.1) is 0 Å². The lowest BCUT2D eigenvalue weighted by molar-refractivity contribution is 0.655. The molecule has 0 radical (unpaired) electrons. The van der Waals surface area contributed by atoms with E-state index >= 15 is 0 Å². The second-order valence-corrected chi connectivity index (χ2v) is 6.91. The van der Waals surface area contributed by atoms with Crippen molar-refractivity contribution in [3.63, 3.8) is 0 Å². The Morgan fingerprint density at radius 1 is 0.962 bits per heavy atom. The number of rotatable bonds is 8. The molecule has 0 atom stereocenters. The fourth-order valence-electron chi connectivity index (χ4n) is 2.85. The molecule has 6 heteroatoms. The van der Waals surface area contributed by atoms with Gasteiger partial charge in [0.15, 0.2) is 0 Å². The molecule has 2 heterocycles. The zero-order valence-electron chi connectivity index (χ0n) is 14.4. The molecule has 26 heavy (non-hydrogen) atoms. The molecule has 3 N–H and O–H groups in total. The van der Waals surface area contributed by atoms with Crippen LogP contribution in [0.5, 0.6) is 0 Å². The molecular formula is C20H21N5S. The minimum Gasteiger partial charge on any atom is -0.369 e. The number of aromatic nitrogens is 3. The van der Waals surface area contributed by atoms with E-state index in [1.54, 1.807) is 11.5 Å². The highest BCUT2D eigenvalue weighted by atomic mass is 32.1. The molecule has 132 valence electrons. The van der Waals surface area contributed by atoms with Gasteiger partial charge in [-0.3, -0.25) is 0 Å². The Morgan fingerprint density at radius 2 is 1.81 bits per heavy atom. The predicted molar refractivity (Wildman–Crippen MR) is 108 cm³/mol. The fraction of sp³-hybridized carbons (Fsp3) is 0.200. The molecule has 0 fully saturated rings. The second kappa shape index (κ2) is 8.12. The number of nitrogens with zero attached hydrogens (tertiary/aromatic N) is 2. The van der Waals surface area contributed by atoms with Gasteiger partial charge >= 0.3 is 0 Å². The van der Waals surface area contributed by atoms with Crippen molar-refractivity contribution in [1.82, 2.24) is 19.7 Å². The third kappa shape index (κ3) is 3.92. The highest BCUT2D eigenvalue weighted by molar-refractivity contribution is 7.13. The first kappa shape index (κ1) is 16.8. The normalized spacial score (nSPS) is 11.1. The van der Waals surface area contributed by atoms with Crippen LogP contribution in [-0.2, 0) is 6.54 Å². The molecule has 2 aromatic carbocycles. The summed E-state index contributed by atoms with van der Waals surface area (Å²) in [6, 6.07) is 18.5. The van der Waals surface area contributed by atoms with Crippen molar-refractivity contribution in [3.05, 3.63) is 66.5 Å². The summed E-state index contributed by atoms with van der Waals surface area (Å²) in [6.07, 6.45) is 2.93. The number of imidazole rings is 1. The summed E-state index contributed by atoms with van der Waals surface area (Å²) in [6.45, 7) is 2.63. The van der Waals surface area contributed by atoms with Crippen LogP contribution in [0.2, 0.25) is 0 Å². The number of fused-ring (bicyclic) bond motifs is 1. The average Bonchev–Trinajstić information content (AvgIpc) is 3.33. The van der Waals surface area contributed by atoms with E-state index in [1.807, 2.05) is 30.5 Å². The van der Waals surface area contributed by atoms with E-state index in [9.17, 15) is 0 Å². The second-order valence-electron chi connectivity index (χ2n) is 6.11. The van der Waals surface area contributed by atoms with E-state index in [1.165, 1.54) is 10.1 Å². The first-order chi connectivity index (χ1) is 12.9. The van der Waals surface area contributed by atoms with Gasteiger partial charge in [0.25, 0.3) is 0 Å². The molecule has 5 nitrogen and oxygen atoms in total. The van der Waals surface area contributed by atoms with Crippen LogP contribution in [0.15, 0.2) is 60.8 Å². The maximum absolute atomic E-state index is 4.49. The molecule has 0 aliphatic heterocycles. The first-order valence-electron chi connectivity index (χ1n) is 8.78. The minimum atomic E-state index is 0.791. The van der Waals surface area contributed by atoms with Crippen molar-refractivity contribution < 1.29 is 0 Å². The van der Waals surface area contributed by atoms with Gasteiger partial charge in [0, 0.05) is 35.9 Å². The zero-order valence-corrected chi connectivity index (χ0v) is 15.2. The van der Waals surface area contributed by atoms with Crippen LogP contribution in [0.3, 0.4) is 0 Å². The number of H-pyrrole nitrogens is 1. The van der Waals surface area contributed by atoms with Crippen LogP contribution < -0.4 is 10.6 Å². The Bertz CT molecular complexity index is 960. The van der Waals surface area contributed by atoms with E-state index < -0.39 is 0 Å². The van der Waals surface area contributed by atoms with Crippen LogP contribution in [0.4, 0.5) is 5.82 Å². The zero-order chi connectivity index (χ0) is 17.6. The summed E-state index contributed by atoms with van der Waals surface area (Å²) >= 11 is 1.54. The molecule has 0 saturated heterocycles. The Labute approximate surface area is 156 Å². The Hall–Kier alpha value is -2.70. The number of anilines is 1. The Kier molecular flexibility index (Phi) is 5.23. The molecule has 0 unspecified atom stereocenters. The van der Waals surface area contributed by atoms with E-state index in [2.05, 4.69) is 55.3 Å². The summed E-state index contributed by atoms with van der Waals surface area (Å²) in [5.74, 6) is 1.91. The largest absolute Gasteiger partial charge is 0.369 e. The molecule has 0 amide bonds. The van der Waals surface area contributed by atoms with Gasteiger partial charge in [-0.15, -0.1) is 0 Å². The van der Waals surface area contributed by atoms with E-state index in [0.29, 0.717) is 0 Å². The third-order valence-corrected chi connectivity index (χ3v) is 5.02. The summed E-state index contributed by atoms with van der Waals surface area (Å²) in [5, 5.41) is 8.09. The lowest BCUT2D eigenvalue weighted by Gasteiger charge is -2.05. The van der Waals surface area contributed by atoms with Gasteiger partial charge in [-0.05, 0) is 36.6 Å². The van der Waals surface area contributed by atoms with Gasteiger partial charge < -0.3 is 15.6 Å². The summed E-state index contributed by atoms with van der Waals surface area (Å²) < 4.78 is 5.71. The van der Waals surface area contributed by atoms with Crippen LogP contribution in [0.1, 0.15) is 12.1 Å². The number of aromatic amines is 1. The van der Waals surface area contributed by atoms with Gasteiger partial charge in [-0.25, -0.2) is 4.98 Å². The standard InChI is InChI=1S/C20H21N5S/c1-2-7-15(8-3-1)19-23-14-16(24-19)13-21-11-6-12-22-20-17-9-4-5-10-18(17)26-25-20/h1-5,7-10,14,21H,6,11-13H2,(H,22,25)(H,23,24). The smallest absolute Gasteiger partial charge is 0.147 e. The first-order valence-corrected chi connectivity index (χ1v) is 9.56. The topological polar surface area (TPSA) is 65.6 Å². The fourth-order valence-corrected chi connectivity index (χ4v) is 3.60. The number of benzene rings is 2. The van der Waals surface area contributed by atoms with Gasteiger partial charge in [-0.1, -0.05) is 42.5 Å². The SMILES string of the molecule is c1ccc(-c2ncc(CNCCCNc3nsc4ccccc34)[nH]2)cc1. The Morgan fingerprint density at radius 3 is 2.73 bits per heavy atom. The van der Waals surface area contributed by atoms with E-state index in [4.69, 9.17) is 0 Å². The third-order valence-electron chi connectivity index (χ3n) is 4.19. The van der Waals surface area contributed by atoms with Crippen LogP contribution >= 0.6 is 11.5 Å². The lowest BCUT2D eigenvalue weighted by atomic mass is 10.2. The van der Waals surface area contributed by atoms with Crippen molar-refractivity contribution in [2.24, 2.45) is 0 Å². The monoisotopic (exact) mass is 363 g/mol. The number of hydrogen-bond donors (Lipinski definition) is 3.